The van der Waals surface area contributed by atoms with Crippen LogP contribution >= 0.6 is 11.3 Å². The van der Waals surface area contributed by atoms with Crippen LogP contribution in [0.15, 0.2) is 90.1 Å². The van der Waals surface area contributed by atoms with E-state index in [0.717, 1.165) is 26.9 Å². The number of carbonyl (C=O) groups is 1. The number of anilines is 1. The number of rotatable bonds is 10. The Balaban J connectivity index is 1.43. The molecule has 0 saturated carbocycles. The molecule has 0 fully saturated rings. The molecule has 0 aliphatic carbocycles. The normalized spacial score (nSPS) is 11.8. The maximum Gasteiger partial charge on any atom is 0.260 e. The first-order chi connectivity index (χ1) is 19.3. The fourth-order valence-corrected chi connectivity index (χ4v) is 7.23. The SMILES string of the molecule is CCN(Cc1ccccc1)S(=O)(=O)c1ccc(C(=O)N(CCn2cccn2)c2nc3c(C)cc(C)cc3s2)cc1. The summed E-state index contributed by atoms with van der Waals surface area (Å²) in [5.41, 5.74) is 4.37. The van der Waals surface area contributed by atoms with Crippen LogP contribution in [0.5, 0.6) is 0 Å². The van der Waals surface area contributed by atoms with Crippen LogP contribution < -0.4 is 4.90 Å². The summed E-state index contributed by atoms with van der Waals surface area (Å²) in [6.45, 7) is 7.33. The molecule has 8 nitrogen and oxygen atoms in total. The van der Waals surface area contributed by atoms with Gasteiger partial charge in [0.25, 0.3) is 5.91 Å². The molecule has 0 aliphatic rings. The highest BCUT2D eigenvalue weighted by Gasteiger charge is 2.26. The van der Waals surface area contributed by atoms with E-state index in [1.165, 1.54) is 27.8 Å². The lowest BCUT2D eigenvalue weighted by atomic mass is 10.1. The molecule has 0 radical (unpaired) electrons. The van der Waals surface area contributed by atoms with Gasteiger partial charge in [0.2, 0.25) is 10.0 Å². The summed E-state index contributed by atoms with van der Waals surface area (Å²) in [6, 6.07) is 21.7. The number of aryl methyl sites for hydroxylation is 2. The van der Waals surface area contributed by atoms with E-state index in [4.69, 9.17) is 4.98 Å². The van der Waals surface area contributed by atoms with E-state index in [9.17, 15) is 13.2 Å². The molecule has 206 valence electrons. The van der Waals surface area contributed by atoms with Crippen molar-refractivity contribution in [3.63, 3.8) is 0 Å². The first-order valence-electron chi connectivity index (χ1n) is 13.1. The Morgan fingerprint density at radius 2 is 1.75 bits per heavy atom. The maximum atomic E-state index is 13.8. The standard InChI is InChI=1S/C30H31N5O3S2/c1-4-34(21-24-9-6-5-7-10-24)40(37,38)26-13-11-25(12-14-26)29(36)35(18-17-33-16-8-15-31-33)30-32-28-23(3)19-22(2)20-27(28)39-30/h5-16,19-20H,4,17-18,21H2,1-3H3. The summed E-state index contributed by atoms with van der Waals surface area (Å²) in [7, 11) is -3.74. The highest BCUT2D eigenvalue weighted by Crippen LogP contribution is 2.32. The van der Waals surface area contributed by atoms with Gasteiger partial charge in [-0.2, -0.15) is 9.40 Å². The average molecular weight is 574 g/mol. The lowest BCUT2D eigenvalue weighted by Crippen LogP contribution is -2.34. The topological polar surface area (TPSA) is 88.4 Å². The van der Waals surface area contributed by atoms with Crippen LogP contribution in [0.2, 0.25) is 0 Å². The third kappa shape index (κ3) is 5.84. The Bertz CT molecular complexity index is 1710. The van der Waals surface area contributed by atoms with Crippen molar-refractivity contribution in [3.8, 4) is 0 Å². The third-order valence-electron chi connectivity index (χ3n) is 6.70. The summed E-state index contributed by atoms with van der Waals surface area (Å²) in [5.74, 6) is -0.249. The second kappa shape index (κ2) is 11.7. The second-order valence-electron chi connectivity index (χ2n) is 9.59. The van der Waals surface area contributed by atoms with E-state index >= 15 is 0 Å². The quantitative estimate of drug-likeness (QED) is 0.215. The summed E-state index contributed by atoms with van der Waals surface area (Å²) in [4.78, 5) is 20.5. The molecule has 2 heterocycles. The second-order valence-corrected chi connectivity index (χ2v) is 12.5. The lowest BCUT2D eigenvalue weighted by Gasteiger charge is -2.22. The number of aromatic nitrogens is 3. The number of hydrogen-bond acceptors (Lipinski definition) is 6. The fourth-order valence-electron chi connectivity index (χ4n) is 4.62. The number of amides is 1. The van der Waals surface area contributed by atoms with Crippen LogP contribution in [0.4, 0.5) is 5.13 Å². The van der Waals surface area contributed by atoms with Crippen LogP contribution in [0.25, 0.3) is 10.2 Å². The first kappa shape index (κ1) is 27.7. The molecule has 0 atom stereocenters. The number of benzene rings is 3. The van der Waals surface area contributed by atoms with Crippen LogP contribution in [0.1, 0.15) is 34.0 Å². The largest absolute Gasteiger partial charge is 0.282 e. The maximum absolute atomic E-state index is 13.8. The van der Waals surface area contributed by atoms with Crippen LogP contribution in [-0.4, -0.2) is 46.5 Å². The Kier molecular flexibility index (Phi) is 8.11. The lowest BCUT2D eigenvalue weighted by molar-refractivity contribution is 0.0985. The number of nitrogens with zero attached hydrogens (tertiary/aromatic N) is 5. The molecule has 0 aliphatic heterocycles. The van der Waals surface area contributed by atoms with E-state index < -0.39 is 10.0 Å². The van der Waals surface area contributed by atoms with Gasteiger partial charge in [0.15, 0.2) is 5.13 Å². The van der Waals surface area contributed by atoms with E-state index in [1.807, 2.05) is 63.4 Å². The van der Waals surface area contributed by atoms with Gasteiger partial charge in [-0.3, -0.25) is 14.4 Å². The number of thiazole rings is 1. The van der Waals surface area contributed by atoms with Crippen molar-refractivity contribution < 1.29 is 13.2 Å². The molecular formula is C30H31N5O3S2. The summed E-state index contributed by atoms with van der Waals surface area (Å²) in [5, 5.41) is 4.86. The van der Waals surface area contributed by atoms with Crippen molar-refractivity contribution >= 4 is 42.6 Å². The van der Waals surface area contributed by atoms with Gasteiger partial charge in [-0.15, -0.1) is 0 Å². The fraction of sp³-hybridized carbons (Fsp3) is 0.233. The van der Waals surface area contributed by atoms with Gasteiger partial charge in [0, 0.05) is 37.6 Å². The molecule has 0 N–H and O–H groups in total. The summed E-state index contributed by atoms with van der Waals surface area (Å²) >= 11 is 1.47. The molecule has 0 unspecified atom stereocenters. The predicted octanol–water partition coefficient (Wildman–Crippen LogP) is 5.67. The summed E-state index contributed by atoms with van der Waals surface area (Å²) in [6.07, 6.45) is 3.55. The molecule has 5 rings (SSSR count). The monoisotopic (exact) mass is 573 g/mol. The molecule has 2 aromatic heterocycles. The zero-order valence-electron chi connectivity index (χ0n) is 22.7. The first-order valence-corrected chi connectivity index (χ1v) is 15.3. The van der Waals surface area contributed by atoms with Crippen molar-refractivity contribution in [1.82, 2.24) is 19.1 Å². The van der Waals surface area contributed by atoms with Gasteiger partial charge in [0.05, 0.1) is 21.7 Å². The zero-order valence-corrected chi connectivity index (χ0v) is 24.3. The molecular weight excluding hydrogens is 542 g/mol. The van der Waals surface area contributed by atoms with Crippen molar-refractivity contribution in [2.45, 2.75) is 38.8 Å². The molecule has 1 amide bonds. The average Bonchev–Trinajstić information content (AvgIpc) is 3.63. The molecule has 40 heavy (non-hydrogen) atoms. The van der Waals surface area contributed by atoms with Gasteiger partial charge in [-0.05, 0) is 66.9 Å². The predicted molar refractivity (Wildman–Crippen MR) is 159 cm³/mol. The van der Waals surface area contributed by atoms with E-state index in [0.29, 0.717) is 30.3 Å². The van der Waals surface area contributed by atoms with Crippen LogP contribution in [0, 0.1) is 13.8 Å². The number of carbonyl (C=O) groups excluding carboxylic acids is 1. The minimum atomic E-state index is -3.74. The van der Waals surface area contributed by atoms with Gasteiger partial charge < -0.3 is 0 Å². The van der Waals surface area contributed by atoms with Crippen LogP contribution in [-0.2, 0) is 23.1 Å². The molecule has 10 heteroatoms. The van der Waals surface area contributed by atoms with Gasteiger partial charge in [-0.25, -0.2) is 13.4 Å². The number of sulfonamides is 1. The van der Waals surface area contributed by atoms with Gasteiger partial charge >= 0.3 is 0 Å². The van der Waals surface area contributed by atoms with E-state index in [1.54, 1.807) is 27.9 Å². The summed E-state index contributed by atoms with van der Waals surface area (Å²) < 4.78 is 31.0. The molecule has 0 bridgehead atoms. The number of fused-ring (bicyclic) bond motifs is 1. The Morgan fingerprint density at radius 3 is 2.42 bits per heavy atom. The van der Waals surface area contributed by atoms with E-state index in [-0.39, 0.29) is 17.3 Å². The van der Waals surface area contributed by atoms with Crippen LogP contribution in [0.3, 0.4) is 0 Å². The van der Waals surface area contributed by atoms with Crippen molar-refractivity contribution in [1.29, 1.82) is 0 Å². The van der Waals surface area contributed by atoms with Crippen molar-refractivity contribution in [2.75, 3.05) is 18.0 Å². The molecule has 0 saturated heterocycles. The Hall–Kier alpha value is -3.86. The van der Waals surface area contributed by atoms with Crippen molar-refractivity contribution in [2.24, 2.45) is 0 Å². The molecule has 0 spiro atoms. The Morgan fingerprint density at radius 1 is 1.00 bits per heavy atom. The molecule has 5 aromatic rings. The zero-order chi connectivity index (χ0) is 28.3. The smallest absolute Gasteiger partial charge is 0.260 e. The molecule has 3 aromatic carbocycles. The van der Waals surface area contributed by atoms with E-state index in [2.05, 4.69) is 17.2 Å². The Labute approximate surface area is 238 Å². The number of hydrogen-bond donors (Lipinski definition) is 0. The highest BCUT2D eigenvalue weighted by molar-refractivity contribution is 7.89. The third-order valence-corrected chi connectivity index (χ3v) is 9.66. The minimum absolute atomic E-state index is 0.149. The van der Waals surface area contributed by atoms with Gasteiger partial charge in [-0.1, -0.05) is 54.7 Å². The van der Waals surface area contributed by atoms with Gasteiger partial charge in [0.1, 0.15) is 0 Å². The minimum Gasteiger partial charge on any atom is -0.282 e. The highest BCUT2D eigenvalue weighted by atomic mass is 32.2. The van der Waals surface area contributed by atoms with Crippen molar-refractivity contribution in [3.05, 3.63) is 107 Å².